The van der Waals surface area contributed by atoms with E-state index in [4.69, 9.17) is 4.74 Å². The molecule has 20 heavy (non-hydrogen) atoms. The zero-order valence-electron chi connectivity index (χ0n) is 12.1. The standard InChI is InChI=1S/C17H20BrNO/c1-12-6-4-5-7-13(12)10-16(19-2)15-9-8-14(18)11-17(15)20-3/h4-9,11,16,19H,10H2,1-3H3. The second-order valence-corrected chi connectivity index (χ2v) is 5.77. The maximum Gasteiger partial charge on any atom is 0.124 e. The van der Waals surface area contributed by atoms with Crippen molar-refractivity contribution in [1.82, 2.24) is 5.32 Å². The Hall–Kier alpha value is -1.32. The Kier molecular flexibility index (Phi) is 5.21. The molecule has 1 N–H and O–H groups in total. The first-order valence-corrected chi connectivity index (χ1v) is 7.50. The first-order chi connectivity index (χ1) is 9.65. The average Bonchev–Trinajstić information content (AvgIpc) is 2.46. The predicted molar refractivity (Wildman–Crippen MR) is 87.4 cm³/mol. The molecule has 0 amide bonds. The minimum atomic E-state index is 0.235. The van der Waals surface area contributed by atoms with Crippen LogP contribution < -0.4 is 10.1 Å². The van der Waals surface area contributed by atoms with Crippen molar-refractivity contribution in [1.29, 1.82) is 0 Å². The van der Waals surface area contributed by atoms with Crippen LogP contribution in [-0.4, -0.2) is 14.2 Å². The van der Waals surface area contributed by atoms with Gasteiger partial charge in [0.05, 0.1) is 7.11 Å². The first-order valence-electron chi connectivity index (χ1n) is 6.71. The van der Waals surface area contributed by atoms with Gasteiger partial charge in [0.25, 0.3) is 0 Å². The molecule has 0 spiro atoms. The van der Waals surface area contributed by atoms with E-state index in [2.05, 4.69) is 64.6 Å². The van der Waals surface area contributed by atoms with Crippen molar-refractivity contribution in [2.75, 3.05) is 14.2 Å². The monoisotopic (exact) mass is 333 g/mol. The van der Waals surface area contributed by atoms with Crippen molar-refractivity contribution in [3.05, 3.63) is 63.6 Å². The van der Waals surface area contributed by atoms with E-state index in [1.54, 1.807) is 7.11 Å². The van der Waals surface area contributed by atoms with E-state index >= 15 is 0 Å². The zero-order chi connectivity index (χ0) is 14.5. The number of benzene rings is 2. The summed E-state index contributed by atoms with van der Waals surface area (Å²) in [6.45, 7) is 2.15. The molecule has 0 heterocycles. The Bertz CT molecular complexity index is 583. The van der Waals surface area contributed by atoms with E-state index in [1.165, 1.54) is 16.7 Å². The third-order valence-corrected chi connectivity index (χ3v) is 4.10. The molecule has 1 atom stereocenters. The Labute approximate surface area is 129 Å². The molecule has 106 valence electrons. The van der Waals surface area contributed by atoms with Gasteiger partial charge >= 0.3 is 0 Å². The molecule has 0 aliphatic heterocycles. The molecule has 0 aromatic heterocycles. The van der Waals surface area contributed by atoms with Crippen LogP contribution in [0.25, 0.3) is 0 Å². The van der Waals surface area contributed by atoms with Gasteiger partial charge in [-0.3, -0.25) is 0 Å². The summed E-state index contributed by atoms with van der Waals surface area (Å²) in [7, 11) is 3.70. The van der Waals surface area contributed by atoms with Crippen LogP contribution in [0.3, 0.4) is 0 Å². The Balaban J connectivity index is 2.31. The number of ether oxygens (including phenoxy) is 1. The maximum atomic E-state index is 5.51. The summed E-state index contributed by atoms with van der Waals surface area (Å²) < 4.78 is 6.54. The van der Waals surface area contributed by atoms with Gasteiger partial charge in [-0.2, -0.15) is 0 Å². The van der Waals surface area contributed by atoms with E-state index in [0.29, 0.717) is 0 Å². The van der Waals surface area contributed by atoms with Crippen LogP contribution in [0.4, 0.5) is 0 Å². The number of likely N-dealkylation sites (N-methyl/N-ethyl adjacent to an activating group) is 1. The first kappa shape index (κ1) is 15.1. The lowest BCUT2D eigenvalue weighted by Gasteiger charge is -2.20. The fourth-order valence-electron chi connectivity index (χ4n) is 2.40. The minimum absolute atomic E-state index is 0.235. The van der Waals surface area contributed by atoms with E-state index < -0.39 is 0 Å². The van der Waals surface area contributed by atoms with Crippen LogP contribution >= 0.6 is 15.9 Å². The zero-order valence-corrected chi connectivity index (χ0v) is 13.7. The minimum Gasteiger partial charge on any atom is -0.496 e. The highest BCUT2D eigenvalue weighted by molar-refractivity contribution is 9.10. The number of hydrogen-bond donors (Lipinski definition) is 1. The van der Waals surface area contributed by atoms with Gasteiger partial charge in [-0.15, -0.1) is 0 Å². The smallest absolute Gasteiger partial charge is 0.124 e. The number of nitrogens with one attached hydrogen (secondary N) is 1. The highest BCUT2D eigenvalue weighted by Crippen LogP contribution is 2.30. The summed E-state index contributed by atoms with van der Waals surface area (Å²) in [6, 6.07) is 14.9. The van der Waals surface area contributed by atoms with Crippen molar-refractivity contribution in [3.8, 4) is 5.75 Å². The van der Waals surface area contributed by atoms with Crippen LogP contribution in [-0.2, 0) is 6.42 Å². The molecular formula is C17H20BrNO. The fraction of sp³-hybridized carbons (Fsp3) is 0.294. The maximum absolute atomic E-state index is 5.51. The molecule has 0 aliphatic rings. The Morgan fingerprint density at radius 3 is 2.60 bits per heavy atom. The van der Waals surface area contributed by atoms with Gasteiger partial charge in [0, 0.05) is 16.1 Å². The third kappa shape index (κ3) is 3.41. The lowest BCUT2D eigenvalue weighted by molar-refractivity contribution is 0.401. The van der Waals surface area contributed by atoms with E-state index in [0.717, 1.165) is 16.6 Å². The third-order valence-electron chi connectivity index (χ3n) is 3.60. The normalized spacial score (nSPS) is 12.2. The topological polar surface area (TPSA) is 21.3 Å². The molecule has 2 rings (SSSR count). The summed E-state index contributed by atoms with van der Waals surface area (Å²) in [5.74, 6) is 0.910. The summed E-state index contributed by atoms with van der Waals surface area (Å²) in [4.78, 5) is 0. The molecule has 0 bridgehead atoms. The highest BCUT2D eigenvalue weighted by atomic mass is 79.9. The second kappa shape index (κ2) is 6.91. The Morgan fingerprint density at radius 1 is 1.20 bits per heavy atom. The van der Waals surface area contributed by atoms with Gasteiger partial charge in [-0.25, -0.2) is 0 Å². The molecule has 0 radical (unpaired) electrons. The van der Waals surface area contributed by atoms with Crippen LogP contribution in [0, 0.1) is 6.92 Å². The number of aryl methyl sites for hydroxylation is 1. The molecular weight excluding hydrogens is 314 g/mol. The average molecular weight is 334 g/mol. The largest absolute Gasteiger partial charge is 0.496 e. The van der Waals surface area contributed by atoms with Gasteiger partial charge in [-0.1, -0.05) is 46.3 Å². The number of hydrogen-bond acceptors (Lipinski definition) is 2. The van der Waals surface area contributed by atoms with E-state index in [1.807, 2.05) is 13.1 Å². The summed E-state index contributed by atoms with van der Waals surface area (Å²) in [5.41, 5.74) is 3.86. The number of rotatable bonds is 5. The molecule has 2 aromatic rings. The Morgan fingerprint density at radius 2 is 1.95 bits per heavy atom. The van der Waals surface area contributed by atoms with Crippen LogP contribution in [0.15, 0.2) is 46.9 Å². The molecule has 2 nitrogen and oxygen atoms in total. The quantitative estimate of drug-likeness (QED) is 0.882. The van der Waals surface area contributed by atoms with Crippen LogP contribution in [0.5, 0.6) is 5.75 Å². The summed E-state index contributed by atoms with van der Waals surface area (Å²) in [6.07, 6.45) is 0.946. The molecule has 1 unspecified atom stereocenters. The van der Waals surface area contributed by atoms with Gasteiger partial charge in [-0.05, 0) is 43.7 Å². The molecule has 0 saturated carbocycles. The van der Waals surface area contributed by atoms with Gasteiger partial charge in [0.2, 0.25) is 0 Å². The fourth-order valence-corrected chi connectivity index (χ4v) is 2.74. The van der Waals surface area contributed by atoms with Gasteiger partial charge < -0.3 is 10.1 Å². The predicted octanol–water partition coefficient (Wildman–Crippen LogP) is 4.27. The summed E-state index contributed by atoms with van der Waals surface area (Å²) >= 11 is 3.49. The molecule has 0 fully saturated rings. The lowest BCUT2D eigenvalue weighted by atomic mass is 9.95. The van der Waals surface area contributed by atoms with Crippen molar-refractivity contribution < 1.29 is 4.74 Å². The number of methoxy groups -OCH3 is 1. The van der Waals surface area contributed by atoms with Crippen molar-refractivity contribution in [2.24, 2.45) is 0 Å². The molecule has 0 aliphatic carbocycles. The number of halogens is 1. The van der Waals surface area contributed by atoms with E-state index in [-0.39, 0.29) is 6.04 Å². The van der Waals surface area contributed by atoms with Crippen LogP contribution in [0.2, 0.25) is 0 Å². The highest BCUT2D eigenvalue weighted by Gasteiger charge is 2.16. The van der Waals surface area contributed by atoms with E-state index in [9.17, 15) is 0 Å². The van der Waals surface area contributed by atoms with Gasteiger partial charge in [0.15, 0.2) is 0 Å². The van der Waals surface area contributed by atoms with Crippen LogP contribution in [0.1, 0.15) is 22.7 Å². The van der Waals surface area contributed by atoms with Crippen molar-refractivity contribution in [3.63, 3.8) is 0 Å². The van der Waals surface area contributed by atoms with Crippen molar-refractivity contribution >= 4 is 15.9 Å². The lowest BCUT2D eigenvalue weighted by Crippen LogP contribution is -2.20. The second-order valence-electron chi connectivity index (χ2n) is 4.86. The molecule has 0 saturated heterocycles. The molecule has 3 heteroatoms. The van der Waals surface area contributed by atoms with Gasteiger partial charge in [0.1, 0.15) is 5.75 Å². The van der Waals surface area contributed by atoms with Crippen molar-refractivity contribution in [2.45, 2.75) is 19.4 Å². The molecule has 2 aromatic carbocycles. The SMILES string of the molecule is CNC(Cc1ccccc1C)c1ccc(Br)cc1OC. The summed E-state index contributed by atoms with van der Waals surface area (Å²) in [5, 5.41) is 3.39.